The SMILES string of the molecule is CN(C)CCn1ccnc1CCN. The summed E-state index contributed by atoms with van der Waals surface area (Å²) in [5.74, 6) is 1.09. The minimum Gasteiger partial charge on any atom is -0.334 e. The van der Waals surface area contributed by atoms with Gasteiger partial charge in [0.05, 0.1) is 0 Å². The number of aromatic nitrogens is 2. The van der Waals surface area contributed by atoms with Crippen LogP contribution in [0.3, 0.4) is 0 Å². The molecule has 0 atom stereocenters. The van der Waals surface area contributed by atoms with Crippen molar-refractivity contribution in [1.29, 1.82) is 0 Å². The Balaban J connectivity index is 2.49. The van der Waals surface area contributed by atoms with Gasteiger partial charge in [-0.15, -0.1) is 0 Å². The van der Waals surface area contributed by atoms with Gasteiger partial charge in [-0.05, 0) is 20.6 Å². The van der Waals surface area contributed by atoms with Gasteiger partial charge >= 0.3 is 0 Å². The van der Waals surface area contributed by atoms with Crippen molar-refractivity contribution in [2.75, 3.05) is 27.2 Å². The highest BCUT2D eigenvalue weighted by Gasteiger charge is 2.00. The third-order valence-electron chi connectivity index (χ3n) is 1.96. The van der Waals surface area contributed by atoms with Gasteiger partial charge in [0.1, 0.15) is 5.82 Å². The Morgan fingerprint density at radius 3 is 2.92 bits per heavy atom. The van der Waals surface area contributed by atoms with Gasteiger partial charge in [0.15, 0.2) is 0 Å². The van der Waals surface area contributed by atoms with Crippen LogP contribution in [0.1, 0.15) is 5.82 Å². The second kappa shape index (κ2) is 4.99. The quantitative estimate of drug-likeness (QED) is 0.694. The molecule has 0 aliphatic carbocycles. The molecule has 0 aromatic carbocycles. The first-order valence-corrected chi connectivity index (χ1v) is 4.59. The van der Waals surface area contributed by atoms with Gasteiger partial charge in [-0.1, -0.05) is 0 Å². The van der Waals surface area contributed by atoms with E-state index in [0.717, 1.165) is 25.3 Å². The van der Waals surface area contributed by atoms with Crippen LogP contribution in [0.25, 0.3) is 0 Å². The Morgan fingerprint density at radius 2 is 2.31 bits per heavy atom. The molecule has 0 unspecified atom stereocenters. The fraction of sp³-hybridized carbons (Fsp3) is 0.667. The number of likely N-dealkylation sites (N-methyl/N-ethyl adjacent to an activating group) is 1. The molecule has 13 heavy (non-hydrogen) atoms. The minimum atomic E-state index is 0.666. The first-order chi connectivity index (χ1) is 6.24. The van der Waals surface area contributed by atoms with Crippen LogP contribution in [0, 0.1) is 0 Å². The van der Waals surface area contributed by atoms with Gasteiger partial charge in [0.2, 0.25) is 0 Å². The number of nitrogens with two attached hydrogens (primary N) is 1. The summed E-state index contributed by atoms with van der Waals surface area (Å²) in [7, 11) is 4.14. The van der Waals surface area contributed by atoms with Crippen LogP contribution < -0.4 is 5.73 Å². The molecule has 1 aromatic rings. The molecule has 1 heterocycles. The smallest absolute Gasteiger partial charge is 0.109 e. The van der Waals surface area contributed by atoms with Crippen molar-refractivity contribution in [3.63, 3.8) is 0 Å². The van der Waals surface area contributed by atoms with E-state index in [0.29, 0.717) is 6.54 Å². The van der Waals surface area contributed by atoms with E-state index in [2.05, 4.69) is 28.5 Å². The van der Waals surface area contributed by atoms with Crippen molar-refractivity contribution in [3.05, 3.63) is 18.2 Å². The van der Waals surface area contributed by atoms with Gasteiger partial charge in [0, 0.05) is 31.9 Å². The van der Waals surface area contributed by atoms with Crippen molar-refractivity contribution in [2.45, 2.75) is 13.0 Å². The normalized spacial score (nSPS) is 11.1. The van der Waals surface area contributed by atoms with Gasteiger partial charge in [0.25, 0.3) is 0 Å². The Bertz CT molecular complexity index is 242. The highest BCUT2D eigenvalue weighted by atomic mass is 15.1. The average molecular weight is 182 g/mol. The molecule has 0 spiro atoms. The summed E-state index contributed by atoms with van der Waals surface area (Å²) >= 11 is 0. The van der Waals surface area contributed by atoms with E-state index in [1.54, 1.807) is 0 Å². The first kappa shape index (κ1) is 10.2. The molecule has 1 rings (SSSR count). The zero-order valence-electron chi connectivity index (χ0n) is 8.40. The highest BCUT2D eigenvalue weighted by molar-refractivity contribution is 4.92. The Morgan fingerprint density at radius 1 is 1.54 bits per heavy atom. The molecule has 0 bridgehead atoms. The van der Waals surface area contributed by atoms with Crippen LogP contribution in [0.2, 0.25) is 0 Å². The van der Waals surface area contributed by atoms with E-state index < -0.39 is 0 Å². The van der Waals surface area contributed by atoms with Gasteiger partial charge in [-0.25, -0.2) is 4.98 Å². The molecular weight excluding hydrogens is 164 g/mol. The van der Waals surface area contributed by atoms with E-state index in [9.17, 15) is 0 Å². The Kier molecular flexibility index (Phi) is 3.92. The van der Waals surface area contributed by atoms with E-state index in [4.69, 9.17) is 5.73 Å². The van der Waals surface area contributed by atoms with Crippen molar-refractivity contribution < 1.29 is 0 Å². The summed E-state index contributed by atoms with van der Waals surface area (Å²) in [4.78, 5) is 6.41. The van der Waals surface area contributed by atoms with Crippen LogP contribution >= 0.6 is 0 Å². The number of nitrogens with zero attached hydrogens (tertiary/aromatic N) is 3. The summed E-state index contributed by atoms with van der Waals surface area (Å²) in [5, 5.41) is 0. The molecule has 0 saturated carbocycles. The summed E-state index contributed by atoms with van der Waals surface area (Å²) in [6, 6.07) is 0. The van der Waals surface area contributed by atoms with Crippen molar-refractivity contribution in [2.24, 2.45) is 5.73 Å². The van der Waals surface area contributed by atoms with Crippen molar-refractivity contribution in [3.8, 4) is 0 Å². The lowest BCUT2D eigenvalue weighted by Crippen LogP contribution is -2.20. The Labute approximate surface area is 79.4 Å². The molecule has 2 N–H and O–H groups in total. The molecule has 4 heteroatoms. The predicted molar refractivity (Wildman–Crippen MR) is 53.5 cm³/mol. The van der Waals surface area contributed by atoms with Crippen molar-refractivity contribution in [1.82, 2.24) is 14.5 Å². The van der Waals surface area contributed by atoms with Crippen molar-refractivity contribution >= 4 is 0 Å². The molecule has 0 amide bonds. The lowest BCUT2D eigenvalue weighted by atomic mass is 10.4. The van der Waals surface area contributed by atoms with Gasteiger partial charge in [-0.3, -0.25) is 0 Å². The topological polar surface area (TPSA) is 47.1 Å². The monoisotopic (exact) mass is 182 g/mol. The predicted octanol–water partition coefficient (Wildman–Crippen LogP) is -0.0541. The van der Waals surface area contributed by atoms with Crippen LogP contribution in [0.15, 0.2) is 12.4 Å². The van der Waals surface area contributed by atoms with Crippen LogP contribution in [0.5, 0.6) is 0 Å². The summed E-state index contributed by atoms with van der Waals surface area (Å²) < 4.78 is 2.16. The number of rotatable bonds is 5. The average Bonchev–Trinajstić information content (AvgIpc) is 2.49. The maximum absolute atomic E-state index is 5.48. The molecule has 0 fully saturated rings. The molecule has 1 aromatic heterocycles. The van der Waals surface area contributed by atoms with Crippen LogP contribution in [0.4, 0.5) is 0 Å². The second-order valence-electron chi connectivity index (χ2n) is 3.38. The summed E-state index contributed by atoms with van der Waals surface area (Å²) in [6.45, 7) is 2.69. The lowest BCUT2D eigenvalue weighted by Gasteiger charge is -2.11. The number of hydrogen-bond acceptors (Lipinski definition) is 3. The minimum absolute atomic E-state index is 0.666. The zero-order chi connectivity index (χ0) is 9.68. The summed E-state index contributed by atoms with van der Waals surface area (Å²) in [5.41, 5.74) is 5.48. The van der Waals surface area contributed by atoms with E-state index >= 15 is 0 Å². The summed E-state index contributed by atoms with van der Waals surface area (Å²) in [6.07, 6.45) is 4.70. The fourth-order valence-corrected chi connectivity index (χ4v) is 1.21. The number of imidazole rings is 1. The van der Waals surface area contributed by atoms with E-state index in [1.165, 1.54) is 0 Å². The molecule has 0 aliphatic heterocycles. The standard InChI is InChI=1S/C9H18N4/c1-12(2)7-8-13-6-5-11-9(13)3-4-10/h5-6H,3-4,7-8,10H2,1-2H3. The fourth-order valence-electron chi connectivity index (χ4n) is 1.21. The lowest BCUT2D eigenvalue weighted by molar-refractivity contribution is 0.380. The molecular formula is C9H18N4. The maximum atomic E-state index is 5.48. The van der Waals surface area contributed by atoms with Gasteiger partial charge < -0.3 is 15.2 Å². The van der Waals surface area contributed by atoms with E-state index in [1.807, 2.05) is 12.4 Å². The highest BCUT2D eigenvalue weighted by Crippen LogP contribution is 1.97. The Hall–Kier alpha value is -0.870. The molecule has 0 saturated heterocycles. The molecule has 0 aliphatic rings. The molecule has 74 valence electrons. The van der Waals surface area contributed by atoms with E-state index in [-0.39, 0.29) is 0 Å². The van der Waals surface area contributed by atoms with Crippen LogP contribution in [-0.4, -0.2) is 41.6 Å². The third kappa shape index (κ3) is 3.16. The maximum Gasteiger partial charge on any atom is 0.109 e. The zero-order valence-corrected chi connectivity index (χ0v) is 8.40. The van der Waals surface area contributed by atoms with Gasteiger partial charge in [-0.2, -0.15) is 0 Å². The molecule has 4 nitrogen and oxygen atoms in total. The first-order valence-electron chi connectivity index (χ1n) is 4.59. The number of hydrogen-bond donors (Lipinski definition) is 1. The second-order valence-corrected chi connectivity index (χ2v) is 3.38. The largest absolute Gasteiger partial charge is 0.334 e. The van der Waals surface area contributed by atoms with Crippen LogP contribution in [-0.2, 0) is 13.0 Å². The molecule has 0 radical (unpaired) electrons. The third-order valence-corrected chi connectivity index (χ3v) is 1.96.